The summed E-state index contributed by atoms with van der Waals surface area (Å²) in [7, 11) is 0. The van der Waals surface area contributed by atoms with E-state index >= 15 is 0 Å². The molecule has 0 spiro atoms. The number of carboxylic acid groups (broad SMARTS) is 1. The van der Waals surface area contributed by atoms with Crippen LogP contribution in [0.3, 0.4) is 0 Å². The SMILES string of the molecule is CCC=CC[C@H](O)C=CC=CC=C[C@@H](O)CC=CCC#CCCC(=O)O. The standard InChI is InChI=1S/C22H30O4/c1-2-3-10-15-20(23)17-12-8-9-13-18-21(24)16-11-6-4-5-7-14-19-22(25)26/h3,6,8-13,17-18,20-21,23-24H,2,4,14-16,19H2,1H3,(H,25,26)/t20-,21-/m0/s1. The van der Waals surface area contributed by atoms with Gasteiger partial charge in [0.1, 0.15) is 0 Å². The number of aliphatic carboxylic acids is 1. The molecule has 142 valence electrons. The van der Waals surface area contributed by atoms with Crippen LogP contribution in [-0.2, 0) is 4.79 Å². The zero-order valence-corrected chi connectivity index (χ0v) is 15.4. The second-order valence-corrected chi connectivity index (χ2v) is 5.56. The lowest BCUT2D eigenvalue weighted by molar-refractivity contribution is -0.136. The molecule has 0 heterocycles. The van der Waals surface area contributed by atoms with E-state index in [0.717, 1.165) is 6.42 Å². The van der Waals surface area contributed by atoms with Crippen LogP contribution in [-0.4, -0.2) is 33.5 Å². The molecular weight excluding hydrogens is 328 g/mol. The molecule has 4 heteroatoms. The average Bonchev–Trinajstić information content (AvgIpc) is 2.60. The molecule has 0 saturated heterocycles. The number of hydrogen-bond acceptors (Lipinski definition) is 3. The van der Waals surface area contributed by atoms with Crippen molar-refractivity contribution in [1.82, 2.24) is 0 Å². The quantitative estimate of drug-likeness (QED) is 0.280. The lowest BCUT2D eigenvalue weighted by atomic mass is 10.2. The first-order chi connectivity index (χ1) is 12.6. The Labute approximate surface area is 156 Å². The molecule has 2 atom stereocenters. The van der Waals surface area contributed by atoms with Gasteiger partial charge in [-0.25, -0.2) is 0 Å². The van der Waals surface area contributed by atoms with E-state index in [2.05, 4.69) is 18.8 Å². The summed E-state index contributed by atoms with van der Waals surface area (Å²) < 4.78 is 0. The number of aliphatic hydroxyl groups is 2. The first-order valence-corrected chi connectivity index (χ1v) is 8.91. The van der Waals surface area contributed by atoms with Gasteiger partial charge in [-0.15, -0.1) is 5.92 Å². The highest BCUT2D eigenvalue weighted by atomic mass is 16.4. The molecule has 0 radical (unpaired) electrons. The van der Waals surface area contributed by atoms with E-state index in [1.54, 1.807) is 36.5 Å². The van der Waals surface area contributed by atoms with Crippen molar-refractivity contribution >= 4 is 5.97 Å². The topological polar surface area (TPSA) is 77.8 Å². The minimum absolute atomic E-state index is 0.0673. The molecule has 0 saturated carbocycles. The molecule has 0 aliphatic rings. The van der Waals surface area contributed by atoms with E-state index < -0.39 is 18.2 Å². The molecule has 0 bridgehead atoms. The molecule has 0 rings (SSSR count). The van der Waals surface area contributed by atoms with Gasteiger partial charge in [0.15, 0.2) is 0 Å². The summed E-state index contributed by atoms with van der Waals surface area (Å²) in [6.07, 6.45) is 20.3. The molecule has 0 aromatic carbocycles. The van der Waals surface area contributed by atoms with Gasteiger partial charge in [0, 0.05) is 12.8 Å². The number of carboxylic acids is 1. The Bertz CT molecular complexity index is 571. The van der Waals surface area contributed by atoms with Crippen LogP contribution >= 0.6 is 0 Å². The van der Waals surface area contributed by atoms with Gasteiger partial charge in [0.25, 0.3) is 0 Å². The Hall–Kier alpha value is -2.35. The van der Waals surface area contributed by atoms with E-state index in [4.69, 9.17) is 5.11 Å². The summed E-state index contributed by atoms with van der Waals surface area (Å²) in [6.45, 7) is 2.05. The molecule has 0 aromatic heterocycles. The van der Waals surface area contributed by atoms with Crippen molar-refractivity contribution in [3.63, 3.8) is 0 Å². The maximum absolute atomic E-state index is 10.3. The second-order valence-electron chi connectivity index (χ2n) is 5.56. The molecule has 0 fully saturated rings. The predicted molar refractivity (Wildman–Crippen MR) is 107 cm³/mol. The summed E-state index contributed by atoms with van der Waals surface area (Å²) in [4.78, 5) is 10.3. The van der Waals surface area contributed by atoms with E-state index in [0.29, 0.717) is 25.7 Å². The van der Waals surface area contributed by atoms with Crippen LogP contribution in [0.2, 0.25) is 0 Å². The molecule has 3 N–H and O–H groups in total. The second kappa shape index (κ2) is 17.5. The lowest BCUT2D eigenvalue weighted by Crippen LogP contribution is -1.98. The van der Waals surface area contributed by atoms with Crippen molar-refractivity contribution in [2.75, 3.05) is 0 Å². The van der Waals surface area contributed by atoms with Crippen LogP contribution < -0.4 is 0 Å². The summed E-state index contributed by atoms with van der Waals surface area (Å²) >= 11 is 0. The fourth-order valence-corrected chi connectivity index (χ4v) is 1.78. The smallest absolute Gasteiger partial charge is 0.304 e. The Kier molecular flexibility index (Phi) is 15.9. The van der Waals surface area contributed by atoms with Gasteiger partial charge < -0.3 is 15.3 Å². The summed E-state index contributed by atoms with van der Waals surface area (Å²) in [5, 5.41) is 27.9. The van der Waals surface area contributed by atoms with Crippen molar-refractivity contribution in [2.45, 2.75) is 57.7 Å². The van der Waals surface area contributed by atoms with Crippen molar-refractivity contribution in [1.29, 1.82) is 0 Å². The zero-order chi connectivity index (χ0) is 19.5. The number of carbonyl (C=O) groups is 1. The van der Waals surface area contributed by atoms with Crippen LogP contribution in [0.1, 0.15) is 45.4 Å². The average molecular weight is 358 g/mol. The van der Waals surface area contributed by atoms with Crippen molar-refractivity contribution < 1.29 is 20.1 Å². The number of hydrogen-bond donors (Lipinski definition) is 3. The van der Waals surface area contributed by atoms with Gasteiger partial charge in [0.05, 0.1) is 18.6 Å². The Balaban J connectivity index is 3.91. The molecule has 26 heavy (non-hydrogen) atoms. The maximum atomic E-state index is 10.3. The fraction of sp³-hybridized carbons (Fsp3) is 0.409. The molecule has 4 nitrogen and oxygen atoms in total. The molecule has 0 amide bonds. The maximum Gasteiger partial charge on any atom is 0.304 e. The van der Waals surface area contributed by atoms with Gasteiger partial charge in [-0.2, -0.15) is 0 Å². The number of allylic oxidation sites excluding steroid dienone is 6. The monoisotopic (exact) mass is 358 g/mol. The van der Waals surface area contributed by atoms with Gasteiger partial charge in [-0.3, -0.25) is 4.79 Å². The summed E-state index contributed by atoms with van der Waals surface area (Å²) in [5.41, 5.74) is 0. The van der Waals surface area contributed by atoms with Gasteiger partial charge in [-0.1, -0.05) is 73.6 Å². The third-order valence-electron chi connectivity index (χ3n) is 3.13. The first kappa shape index (κ1) is 23.6. The van der Waals surface area contributed by atoms with Crippen LogP contribution in [0.15, 0.2) is 60.8 Å². The van der Waals surface area contributed by atoms with E-state index in [1.807, 2.05) is 24.3 Å². The highest BCUT2D eigenvalue weighted by Gasteiger charge is 1.94. The fourth-order valence-electron chi connectivity index (χ4n) is 1.78. The molecule has 0 aromatic rings. The lowest BCUT2D eigenvalue weighted by Gasteiger charge is -1.99. The van der Waals surface area contributed by atoms with Gasteiger partial charge in [0.2, 0.25) is 0 Å². The van der Waals surface area contributed by atoms with E-state index in [9.17, 15) is 15.0 Å². The molecule has 0 unspecified atom stereocenters. The Morgan fingerprint density at radius 1 is 0.885 bits per heavy atom. The van der Waals surface area contributed by atoms with Crippen molar-refractivity contribution in [3.8, 4) is 11.8 Å². The van der Waals surface area contributed by atoms with Crippen molar-refractivity contribution in [3.05, 3.63) is 60.8 Å². The van der Waals surface area contributed by atoms with E-state index in [-0.39, 0.29) is 6.42 Å². The highest BCUT2D eigenvalue weighted by Crippen LogP contribution is 1.99. The number of rotatable bonds is 12. The van der Waals surface area contributed by atoms with Crippen LogP contribution in [0.5, 0.6) is 0 Å². The van der Waals surface area contributed by atoms with Crippen LogP contribution in [0, 0.1) is 11.8 Å². The predicted octanol–water partition coefficient (Wildman–Crippen LogP) is 3.94. The molecular formula is C22H30O4. The largest absolute Gasteiger partial charge is 0.481 e. The third kappa shape index (κ3) is 18.0. The zero-order valence-electron chi connectivity index (χ0n) is 15.4. The minimum Gasteiger partial charge on any atom is -0.481 e. The minimum atomic E-state index is -0.838. The van der Waals surface area contributed by atoms with Gasteiger partial charge in [-0.05, 0) is 19.3 Å². The summed E-state index contributed by atoms with van der Waals surface area (Å²) in [6, 6.07) is 0. The molecule has 0 aliphatic carbocycles. The highest BCUT2D eigenvalue weighted by molar-refractivity contribution is 5.67. The Morgan fingerprint density at radius 2 is 1.46 bits per heavy atom. The molecule has 0 aliphatic heterocycles. The first-order valence-electron chi connectivity index (χ1n) is 8.91. The number of aliphatic hydroxyl groups excluding tert-OH is 2. The van der Waals surface area contributed by atoms with Gasteiger partial charge >= 0.3 is 5.97 Å². The van der Waals surface area contributed by atoms with Crippen molar-refractivity contribution in [2.24, 2.45) is 0 Å². The normalized spacial score (nSPS) is 14.6. The van der Waals surface area contributed by atoms with Crippen LogP contribution in [0.4, 0.5) is 0 Å². The van der Waals surface area contributed by atoms with E-state index in [1.165, 1.54) is 0 Å². The third-order valence-corrected chi connectivity index (χ3v) is 3.13. The Morgan fingerprint density at radius 3 is 2.00 bits per heavy atom. The van der Waals surface area contributed by atoms with Crippen LogP contribution in [0.25, 0.3) is 0 Å². The summed E-state index contributed by atoms with van der Waals surface area (Å²) in [5.74, 6) is 4.81.